The van der Waals surface area contributed by atoms with Crippen LogP contribution in [0.15, 0.2) is 122 Å². The molecule has 72 heavy (non-hydrogen) atoms. The molecule has 0 radical (unpaired) electrons. The predicted molar refractivity (Wildman–Crippen MR) is 280 cm³/mol. The fourth-order valence-corrected chi connectivity index (χ4v) is 7.96. The summed E-state index contributed by atoms with van der Waals surface area (Å²) < 4.78 is 17.1. The number of hydrogen-bond acceptors (Lipinski definition) is 16. The van der Waals surface area contributed by atoms with Gasteiger partial charge < -0.3 is 55.8 Å². The number of ether oxygens (including phenoxy) is 2. The zero-order valence-electron chi connectivity index (χ0n) is 38.6. The fraction of sp³-hybridized carbons (Fsp3) is 0.245. The van der Waals surface area contributed by atoms with Crippen LogP contribution in [0.5, 0.6) is 5.75 Å². The molecule has 10 N–H and O–H groups in total. The monoisotopic (exact) mass is 1040 g/mol. The van der Waals surface area contributed by atoms with E-state index in [2.05, 4.69) is 39.2 Å². The van der Waals surface area contributed by atoms with Crippen LogP contribution in [0.2, 0.25) is 0 Å². The molecule has 0 bridgehead atoms. The van der Waals surface area contributed by atoms with Crippen LogP contribution < -0.4 is 37.2 Å². The van der Waals surface area contributed by atoms with Crippen molar-refractivity contribution in [2.75, 3.05) is 94.7 Å². The lowest BCUT2D eigenvalue weighted by molar-refractivity contribution is -0.139. The topological polar surface area (TPSA) is 287 Å². The van der Waals surface area contributed by atoms with Gasteiger partial charge in [0.25, 0.3) is 0 Å². The number of carboxylic acid groups (broad SMARTS) is 2. The number of carboxylic acids is 2. The molecular formula is C49H52N8O12S3. The quantitative estimate of drug-likeness (QED) is 0.0117. The van der Waals surface area contributed by atoms with E-state index < -0.39 is 36.2 Å². The highest BCUT2D eigenvalue weighted by atomic mass is 32.2. The van der Waals surface area contributed by atoms with E-state index in [1.54, 1.807) is 77.7 Å². The average molecular weight is 1040 g/mol. The summed E-state index contributed by atoms with van der Waals surface area (Å²) in [6.45, 7) is 0.301. The van der Waals surface area contributed by atoms with Crippen LogP contribution in [0.4, 0.5) is 17.1 Å². The standard InChI is InChI=1S/C49H52N8O12S3/c50-72-36-10-3-31(4-11-36)54-45(62)28-57(29-46(63)64)18-17-56(27-44(61)53-30-1-8-35(70)9-2-30)26-43(60)51-15-19-67-21-22-68-20-16-52-49(71)55-32-5-12-37(40(23-32)48(65)66)47-38-13-6-33(58)24-41(38)69-42-25-34(59)7-14-39(42)47/h1-14,23-25,58,70H,15-22,26-29,50H2,(H,51,60)(H,53,61)(H,54,62)(H,63,64)(H,65,66)(H2,52,55,71). The third-order valence-electron chi connectivity index (χ3n) is 10.5. The SMILES string of the molecule is NSc1ccc(NC(=O)CN(CCN(CC(=O)NCCOCCOCCNC(=S)Nc2ccc(-c3c4ccc(=O)cc-4oc4cc(O)ccc34)c(C(=O)O)c2)CC(=O)Nc2ccc(S)cc2)CC(=O)O)cc1. The van der Waals surface area contributed by atoms with Gasteiger partial charge in [-0.05, 0) is 115 Å². The zero-order valence-corrected chi connectivity index (χ0v) is 41.1. The van der Waals surface area contributed by atoms with Crippen LogP contribution in [0.25, 0.3) is 33.4 Å². The van der Waals surface area contributed by atoms with E-state index in [4.69, 9.17) is 31.2 Å². The van der Waals surface area contributed by atoms with Gasteiger partial charge >= 0.3 is 11.9 Å². The Morgan fingerprint density at radius 1 is 0.667 bits per heavy atom. The second-order valence-corrected chi connectivity index (χ2v) is 17.6. The van der Waals surface area contributed by atoms with Crippen LogP contribution in [0.1, 0.15) is 10.4 Å². The van der Waals surface area contributed by atoms with Gasteiger partial charge in [0, 0.05) is 81.7 Å². The summed E-state index contributed by atoms with van der Waals surface area (Å²) in [5.41, 5.74) is 2.77. The molecule has 3 amide bonds. The van der Waals surface area contributed by atoms with Crippen molar-refractivity contribution in [1.82, 2.24) is 20.4 Å². The van der Waals surface area contributed by atoms with Crippen molar-refractivity contribution >= 4 is 99.6 Å². The first-order chi connectivity index (χ1) is 34.6. The van der Waals surface area contributed by atoms with E-state index in [1.807, 2.05) is 0 Å². The number of nitrogens with one attached hydrogen (secondary N) is 5. The number of hydrogen-bond donors (Lipinski definition) is 10. The van der Waals surface area contributed by atoms with Gasteiger partial charge in [-0.2, -0.15) is 0 Å². The third-order valence-corrected chi connectivity index (χ3v) is 11.6. The van der Waals surface area contributed by atoms with Crippen LogP contribution in [-0.2, 0) is 28.7 Å². The van der Waals surface area contributed by atoms with Gasteiger partial charge in [0.15, 0.2) is 10.5 Å². The van der Waals surface area contributed by atoms with E-state index in [0.717, 1.165) is 16.8 Å². The Labute approximate surface area is 428 Å². The van der Waals surface area contributed by atoms with Crippen molar-refractivity contribution in [3.63, 3.8) is 0 Å². The molecule has 378 valence electrons. The summed E-state index contributed by atoms with van der Waals surface area (Å²) in [7, 11) is 0. The predicted octanol–water partition coefficient (Wildman–Crippen LogP) is 4.62. The Kier molecular flexibility index (Phi) is 20.3. The lowest BCUT2D eigenvalue weighted by Crippen LogP contribution is -2.46. The Morgan fingerprint density at radius 2 is 1.25 bits per heavy atom. The second kappa shape index (κ2) is 26.9. The minimum absolute atomic E-state index is 0.0418. The molecule has 1 aliphatic carbocycles. The van der Waals surface area contributed by atoms with E-state index in [-0.39, 0.29) is 98.9 Å². The molecule has 0 saturated carbocycles. The molecule has 0 unspecified atom stereocenters. The van der Waals surface area contributed by atoms with Crippen molar-refractivity contribution in [2.45, 2.75) is 9.79 Å². The number of thiocarbonyl (C=S) groups is 1. The number of fused-ring (bicyclic) bond motifs is 2. The maximum atomic E-state index is 13.1. The first kappa shape index (κ1) is 54.2. The zero-order chi connectivity index (χ0) is 51.6. The summed E-state index contributed by atoms with van der Waals surface area (Å²) >= 11 is 10.8. The number of carbonyl (C=O) groups excluding carboxylic acids is 3. The number of aromatic hydroxyl groups is 1. The van der Waals surface area contributed by atoms with Crippen LogP contribution in [0, 0.1) is 0 Å². The van der Waals surface area contributed by atoms with Gasteiger partial charge in [-0.3, -0.25) is 38.9 Å². The number of nitrogens with two attached hydrogens (primary N) is 1. The Morgan fingerprint density at radius 3 is 1.88 bits per heavy atom. The van der Waals surface area contributed by atoms with Crippen LogP contribution in [-0.4, -0.2) is 139 Å². The molecule has 0 atom stereocenters. The highest BCUT2D eigenvalue weighted by Crippen LogP contribution is 2.42. The van der Waals surface area contributed by atoms with Gasteiger partial charge in [-0.15, -0.1) is 12.6 Å². The number of rotatable bonds is 26. The van der Waals surface area contributed by atoms with Crippen molar-refractivity contribution < 1.29 is 53.2 Å². The van der Waals surface area contributed by atoms with Crippen molar-refractivity contribution in [1.29, 1.82) is 0 Å². The number of phenols is 1. The Bertz CT molecular complexity index is 2910. The van der Waals surface area contributed by atoms with Gasteiger partial charge in [0.1, 0.15) is 17.1 Å². The molecule has 0 spiro atoms. The second-order valence-electron chi connectivity index (χ2n) is 15.9. The average Bonchev–Trinajstić information content (AvgIpc) is 3.33. The molecule has 4 aromatic rings. The number of anilines is 3. The molecular weight excluding hydrogens is 989 g/mol. The Balaban J connectivity index is 0.920. The van der Waals surface area contributed by atoms with Gasteiger partial charge in [-0.25, -0.2) is 4.79 Å². The number of aromatic carboxylic acids is 1. The van der Waals surface area contributed by atoms with Gasteiger partial charge in [0.05, 0.1) is 58.2 Å². The smallest absolute Gasteiger partial charge is 0.336 e. The summed E-state index contributed by atoms with van der Waals surface area (Å²) in [5, 5.41) is 50.5. The van der Waals surface area contributed by atoms with E-state index in [1.165, 1.54) is 35.2 Å². The van der Waals surface area contributed by atoms with Crippen LogP contribution in [0.3, 0.4) is 0 Å². The number of aliphatic carboxylic acids is 1. The first-order valence-corrected chi connectivity index (χ1v) is 23.9. The number of nitrogens with zero attached hydrogens (tertiary/aromatic N) is 2. The fourth-order valence-electron chi connectivity index (χ4n) is 7.29. The lowest BCUT2D eigenvalue weighted by atomic mass is 9.90. The minimum Gasteiger partial charge on any atom is -0.508 e. The molecule has 1 heterocycles. The van der Waals surface area contributed by atoms with Gasteiger partial charge in [-0.1, -0.05) is 6.07 Å². The molecule has 6 rings (SSSR count). The van der Waals surface area contributed by atoms with E-state index >= 15 is 0 Å². The van der Waals surface area contributed by atoms with Crippen molar-refractivity contribution in [3.05, 3.63) is 119 Å². The van der Waals surface area contributed by atoms with Crippen LogP contribution >= 0.6 is 36.8 Å². The maximum absolute atomic E-state index is 13.1. The third kappa shape index (κ3) is 16.8. The first-order valence-electron chi connectivity index (χ1n) is 22.2. The highest BCUT2D eigenvalue weighted by molar-refractivity contribution is 7.97. The molecule has 23 heteroatoms. The largest absolute Gasteiger partial charge is 0.508 e. The van der Waals surface area contributed by atoms with Crippen molar-refractivity contribution in [3.8, 4) is 28.2 Å². The number of phenolic OH excluding ortho intramolecular Hbond substituents is 1. The summed E-state index contributed by atoms with van der Waals surface area (Å²) in [4.78, 5) is 79.9. The highest BCUT2D eigenvalue weighted by Gasteiger charge is 2.23. The maximum Gasteiger partial charge on any atom is 0.336 e. The number of amides is 3. The van der Waals surface area contributed by atoms with E-state index in [0.29, 0.717) is 50.6 Å². The molecule has 1 aliphatic heterocycles. The summed E-state index contributed by atoms with van der Waals surface area (Å²) in [6, 6.07) is 27.1. The number of carbonyl (C=O) groups is 5. The van der Waals surface area contributed by atoms with E-state index in [9.17, 15) is 44.1 Å². The Hall–Kier alpha value is -7.09. The molecule has 0 aromatic heterocycles. The normalized spacial score (nSPS) is 11.2. The molecule has 2 aliphatic rings. The number of benzene rings is 5. The minimum atomic E-state index is -1.20. The molecule has 20 nitrogen and oxygen atoms in total. The summed E-state index contributed by atoms with van der Waals surface area (Å²) in [5.74, 6) is -3.45. The number of thiol groups is 1. The van der Waals surface area contributed by atoms with Gasteiger partial charge in [0.2, 0.25) is 17.7 Å². The molecule has 4 aromatic carbocycles. The van der Waals surface area contributed by atoms with Crippen molar-refractivity contribution in [2.24, 2.45) is 5.14 Å². The summed E-state index contributed by atoms with van der Waals surface area (Å²) in [6.07, 6.45) is 0. The molecule has 0 fully saturated rings. The molecule has 0 saturated heterocycles. The lowest BCUT2D eigenvalue weighted by Gasteiger charge is -2.26.